The Hall–Kier alpha value is -2.01. The molecule has 2 aromatic rings. The third-order valence-corrected chi connectivity index (χ3v) is 2.59. The van der Waals surface area contributed by atoms with Crippen LogP contribution in [-0.2, 0) is 0 Å². The first kappa shape index (κ1) is 11.5. The van der Waals surface area contributed by atoms with Crippen molar-refractivity contribution in [2.24, 2.45) is 0 Å². The van der Waals surface area contributed by atoms with E-state index in [1.165, 1.54) is 6.92 Å². The molecule has 0 saturated carbocycles. The first-order chi connectivity index (χ1) is 8.00. The molecule has 2 rings (SSSR count). The maximum Gasteiger partial charge on any atom is 0.343 e. The molecule has 1 aromatic heterocycles. The Labute approximate surface area is 101 Å². The number of aromatic amines is 1. The molecule has 88 valence electrons. The highest BCUT2D eigenvalue weighted by Crippen LogP contribution is 2.13. The lowest BCUT2D eigenvalue weighted by molar-refractivity contribution is 0.0694. The number of aromatic nitrogens is 2. The SMILES string of the molecule is Cc1[nH]n(-c2cccc(Cl)c2)c(=O)c1C(=O)O. The second-order valence-electron chi connectivity index (χ2n) is 3.54. The molecule has 1 heterocycles. The van der Waals surface area contributed by atoms with Crippen molar-refractivity contribution in [2.45, 2.75) is 6.92 Å². The maximum atomic E-state index is 11.9. The van der Waals surface area contributed by atoms with Crippen molar-refractivity contribution in [1.82, 2.24) is 9.78 Å². The number of aryl methyl sites for hydroxylation is 1. The van der Waals surface area contributed by atoms with Crippen molar-refractivity contribution in [3.05, 3.63) is 50.9 Å². The van der Waals surface area contributed by atoms with E-state index in [9.17, 15) is 9.59 Å². The van der Waals surface area contributed by atoms with Gasteiger partial charge in [-0.25, -0.2) is 9.48 Å². The van der Waals surface area contributed by atoms with Crippen LogP contribution < -0.4 is 5.56 Å². The minimum atomic E-state index is -1.25. The summed E-state index contributed by atoms with van der Waals surface area (Å²) in [7, 11) is 0. The fourth-order valence-corrected chi connectivity index (χ4v) is 1.78. The summed E-state index contributed by atoms with van der Waals surface area (Å²) < 4.78 is 1.16. The Bertz CT molecular complexity index is 642. The van der Waals surface area contributed by atoms with Gasteiger partial charge in [0.15, 0.2) is 0 Å². The molecule has 1 aromatic carbocycles. The molecule has 0 bridgehead atoms. The second kappa shape index (κ2) is 4.10. The van der Waals surface area contributed by atoms with E-state index in [2.05, 4.69) is 5.10 Å². The molecule has 0 unspecified atom stereocenters. The summed E-state index contributed by atoms with van der Waals surface area (Å²) in [5.74, 6) is -1.25. The smallest absolute Gasteiger partial charge is 0.343 e. The van der Waals surface area contributed by atoms with Crippen molar-refractivity contribution < 1.29 is 9.90 Å². The lowest BCUT2D eigenvalue weighted by Gasteiger charge is -2.01. The number of H-pyrrole nitrogens is 1. The summed E-state index contributed by atoms with van der Waals surface area (Å²) in [6.07, 6.45) is 0. The highest BCUT2D eigenvalue weighted by molar-refractivity contribution is 6.30. The van der Waals surface area contributed by atoms with E-state index >= 15 is 0 Å². The Balaban J connectivity index is 2.66. The van der Waals surface area contributed by atoms with E-state index < -0.39 is 11.5 Å². The van der Waals surface area contributed by atoms with Gasteiger partial charge in [-0.05, 0) is 25.1 Å². The molecular weight excluding hydrogens is 244 g/mol. The Morgan fingerprint density at radius 3 is 2.71 bits per heavy atom. The standard InChI is InChI=1S/C11H9ClN2O3/c1-6-9(11(16)17)10(15)14(13-6)8-4-2-3-7(12)5-8/h2-5,13H,1H3,(H,16,17). The Morgan fingerprint density at radius 2 is 2.18 bits per heavy atom. The number of rotatable bonds is 2. The second-order valence-corrected chi connectivity index (χ2v) is 3.97. The van der Waals surface area contributed by atoms with Crippen LogP contribution in [0.3, 0.4) is 0 Å². The highest BCUT2D eigenvalue weighted by Gasteiger charge is 2.18. The van der Waals surface area contributed by atoms with Crippen molar-refractivity contribution >= 4 is 17.6 Å². The number of nitrogens with zero attached hydrogens (tertiary/aromatic N) is 1. The lowest BCUT2D eigenvalue weighted by Crippen LogP contribution is -2.20. The summed E-state index contributed by atoms with van der Waals surface area (Å²) in [4.78, 5) is 22.7. The number of carboxylic acids is 1. The summed E-state index contributed by atoms with van der Waals surface area (Å²) in [5, 5.41) is 12.1. The average Bonchev–Trinajstić information content (AvgIpc) is 2.54. The van der Waals surface area contributed by atoms with Gasteiger partial charge in [0.2, 0.25) is 0 Å². The molecule has 17 heavy (non-hydrogen) atoms. The van der Waals surface area contributed by atoms with Crippen LogP contribution in [0.2, 0.25) is 5.02 Å². The number of aromatic carboxylic acids is 1. The van der Waals surface area contributed by atoms with Gasteiger partial charge in [-0.15, -0.1) is 0 Å². The van der Waals surface area contributed by atoms with Gasteiger partial charge in [-0.3, -0.25) is 9.89 Å². The van der Waals surface area contributed by atoms with Gasteiger partial charge < -0.3 is 5.11 Å². The monoisotopic (exact) mass is 252 g/mol. The quantitative estimate of drug-likeness (QED) is 0.856. The van der Waals surface area contributed by atoms with E-state index in [0.29, 0.717) is 16.4 Å². The van der Waals surface area contributed by atoms with Gasteiger partial charge in [0.1, 0.15) is 5.56 Å². The summed E-state index contributed by atoms with van der Waals surface area (Å²) in [6.45, 7) is 1.53. The predicted molar refractivity (Wildman–Crippen MR) is 63.1 cm³/mol. The number of halogens is 1. The number of benzene rings is 1. The molecule has 0 aliphatic heterocycles. The van der Waals surface area contributed by atoms with Crippen LogP contribution in [0, 0.1) is 6.92 Å². The number of nitrogens with one attached hydrogen (secondary N) is 1. The Kier molecular flexibility index (Phi) is 2.77. The molecule has 0 fully saturated rings. The largest absolute Gasteiger partial charge is 0.477 e. The normalized spacial score (nSPS) is 10.5. The van der Waals surface area contributed by atoms with Gasteiger partial charge in [0, 0.05) is 10.7 Å². The number of carbonyl (C=O) groups is 1. The van der Waals surface area contributed by atoms with Crippen molar-refractivity contribution in [1.29, 1.82) is 0 Å². The van der Waals surface area contributed by atoms with Gasteiger partial charge >= 0.3 is 5.97 Å². The molecule has 0 spiro atoms. The average molecular weight is 253 g/mol. The molecular formula is C11H9ClN2O3. The zero-order valence-electron chi connectivity index (χ0n) is 8.90. The fourth-order valence-electron chi connectivity index (χ4n) is 1.60. The Morgan fingerprint density at radius 1 is 1.47 bits per heavy atom. The van der Waals surface area contributed by atoms with E-state index in [-0.39, 0.29) is 5.56 Å². The number of hydrogen-bond acceptors (Lipinski definition) is 2. The van der Waals surface area contributed by atoms with Crippen LogP contribution in [-0.4, -0.2) is 20.9 Å². The van der Waals surface area contributed by atoms with Crippen LogP contribution in [0.1, 0.15) is 16.1 Å². The van der Waals surface area contributed by atoms with Gasteiger partial charge in [-0.2, -0.15) is 0 Å². The van der Waals surface area contributed by atoms with Crippen LogP contribution in [0.4, 0.5) is 0 Å². The van der Waals surface area contributed by atoms with Crippen molar-refractivity contribution in [3.63, 3.8) is 0 Å². The molecule has 0 atom stereocenters. The molecule has 5 nitrogen and oxygen atoms in total. The minimum Gasteiger partial charge on any atom is -0.477 e. The molecule has 0 radical (unpaired) electrons. The number of hydrogen-bond donors (Lipinski definition) is 2. The third kappa shape index (κ3) is 1.97. The van der Waals surface area contributed by atoms with E-state index in [1.807, 2.05) is 0 Å². The van der Waals surface area contributed by atoms with Crippen LogP contribution >= 0.6 is 11.6 Å². The first-order valence-electron chi connectivity index (χ1n) is 4.81. The minimum absolute atomic E-state index is 0.259. The van der Waals surface area contributed by atoms with Crippen molar-refractivity contribution in [3.8, 4) is 5.69 Å². The third-order valence-electron chi connectivity index (χ3n) is 2.35. The van der Waals surface area contributed by atoms with Gasteiger partial charge in [0.25, 0.3) is 5.56 Å². The van der Waals surface area contributed by atoms with E-state index in [4.69, 9.17) is 16.7 Å². The molecule has 6 heteroatoms. The predicted octanol–water partition coefficient (Wildman–Crippen LogP) is 1.83. The number of carboxylic acid groups (broad SMARTS) is 1. The first-order valence-corrected chi connectivity index (χ1v) is 5.19. The van der Waals surface area contributed by atoms with Gasteiger partial charge in [-0.1, -0.05) is 17.7 Å². The van der Waals surface area contributed by atoms with E-state index in [0.717, 1.165) is 4.68 Å². The molecule has 0 aliphatic rings. The molecule has 0 amide bonds. The zero-order valence-corrected chi connectivity index (χ0v) is 9.65. The summed E-state index contributed by atoms with van der Waals surface area (Å²) in [6, 6.07) is 6.59. The van der Waals surface area contributed by atoms with E-state index in [1.54, 1.807) is 24.3 Å². The van der Waals surface area contributed by atoms with Crippen LogP contribution in [0.25, 0.3) is 5.69 Å². The molecule has 2 N–H and O–H groups in total. The molecule has 0 aliphatic carbocycles. The topological polar surface area (TPSA) is 75.1 Å². The summed E-state index contributed by atoms with van der Waals surface area (Å²) in [5.41, 5.74) is -0.0529. The van der Waals surface area contributed by atoms with Crippen LogP contribution in [0.5, 0.6) is 0 Å². The zero-order chi connectivity index (χ0) is 12.6. The summed E-state index contributed by atoms with van der Waals surface area (Å²) >= 11 is 5.81. The van der Waals surface area contributed by atoms with Gasteiger partial charge in [0.05, 0.1) is 5.69 Å². The highest BCUT2D eigenvalue weighted by atomic mass is 35.5. The van der Waals surface area contributed by atoms with Crippen LogP contribution in [0.15, 0.2) is 29.1 Å². The fraction of sp³-hybridized carbons (Fsp3) is 0.0909. The maximum absolute atomic E-state index is 11.9. The van der Waals surface area contributed by atoms with Crippen molar-refractivity contribution in [2.75, 3.05) is 0 Å². The molecule has 0 saturated heterocycles. The lowest BCUT2D eigenvalue weighted by atomic mass is 10.2.